The molecular formula is C11H8Cl2O2S. The van der Waals surface area contributed by atoms with Gasteiger partial charge in [0.25, 0.3) is 0 Å². The van der Waals surface area contributed by atoms with Gasteiger partial charge in [0.05, 0.1) is 15.8 Å². The molecule has 0 aliphatic carbocycles. The van der Waals surface area contributed by atoms with E-state index in [1.54, 1.807) is 0 Å². The van der Waals surface area contributed by atoms with Crippen LogP contribution in [0.1, 0.15) is 12.5 Å². The van der Waals surface area contributed by atoms with Crippen molar-refractivity contribution in [2.75, 3.05) is 5.75 Å². The van der Waals surface area contributed by atoms with Crippen LogP contribution in [0.5, 0.6) is 5.75 Å². The Labute approximate surface area is 108 Å². The Bertz CT molecular complexity index is 475. The molecular weight excluding hydrogens is 267 g/mol. The molecule has 0 aromatic heterocycles. The highest BCUT2D eigenvalue weighted by Gasteiger charge is 2.03. The first-order chi connectivity index (χ1) is 7.50. The number of halogens is 2. The zero-order chi connectivity index (χ0) is 12.1. The third-order valence-corrected chi connectivity index (χ3v) is 2.92. The van der Waals surface area contributed by atoms with Crippen molar-refractivity contribution in [3.8, 4) is 17.6 Å². The molecule has 0 atom stereocenters. The normalized spacial score (nSPS) is 9.44. The van der Waals surface area contributed by atoms with Crippen LogP contribution < -0.4 is 0 Å². The smallest absolute Gasteiger partial charge is 0.186 e. The molecule has 0 aliphatic rings. The van der Waals surface area contributed by atoms with Crippen molar-refractivity contribution in [1.82, 2.24) is 0 Å². The number of carbonyl (C=O) groups is 1. The summed E-state index contributed by atoms with van der Waals surface area (Å²) in [5.41, 5.74) is 0.536. The van der Waals surface area contributed by atoms with Gasteiger partial charge in [0.2, 0.25) is 0 Å². The Morgan fingerprint density at radius 3 is 2.75 bits per heavy atom. The van der Waals surface area contributed by atoms with Gasteiger partial charge in [-0.05, 0) is 6.07 Å². The van der Waals surface area contributed by atoms with Crippen LogP contribution in [0, 0.1) is 11.8 Å². The second kappa shape index (κ2) is 6.05. The first-order valence-corrected chi connectivity index (χ1v) is 6.05. The van der Waals surface area contributed by atoms with E-state index in [1.807, 2.05) is 0 Å². The van der Waals surface area contributed by atoms with E-state index in [0.717, 1.165) is 11.8 Å². The Morgan fingerprint density at radius 1 is 1.44 bits per heavy atom. The zero-order valence-electron chi connectivity index (χ0n) is 8.38. The third kappa shape index (κ3) is 3.97. The second-order valence-electron chi connectivity index (χ2n) is 2.87. The molecule has 16 heavy (non-hydrogen) atoms. The van der Waals surface area contributed by atoms with Gasteiger partial charge in [-0.1, -0.05) is 46.8 Å². The molecule has 0 heterocycles. The Balaban J connectivity index is 2.81. The number of thioether (sulfide) groups is 1. The number of benzene rings is 1. The summed E-state index contributed by atoms with van der Waals surface area (Å²) >= 11 is 12.7. The van der Waals surface area contributed by atoms with E-state index in [-0.39, 0.29) is 15.9 Å². The highest BCUT2D eigenvalue weighted by atomic mass is 35.5. The fourth-order valence-electron chi connectivity index (χ4n) is 0.901. The SMILES string of the molecule is CC(=O)SCC#Cc1cc(Cl)c(O)cc1Cl. The van der Waals surface area contributed by atoms with E-state index in [0.29, 0.717) is 16.3 Å². The van der Waals surface area contributed by atoms with Gasteiger partial charge in [-0.2, -0.15) is 0 Å². The zero-order valence-corrected chi connectivity index (χ0v) is 10.7. The van der Waals surface area contributed by atoms with Gasteiger partial charge in [0, 0.05) is 18.6 Å². The summed E-state index contributed by atoms with van der Waals surface area (Å²) in [6, 6.07) is 2.83. The van der Waals surface area contributed by atoms with Crippen molar-refractivity contribution >= 4 is 40.1 Å². The molecule has 1 rings (SSSR count). The molecule has 0 radical (unpaired) electrons. The molecule has 1 N–H and O–H groups in total. The van der Waals surface area contributed by atoms with E-state index in [1.165, 1.54) is 19.1 Å². The third-order valence-electron chi connectivity index (χ3n) is 1.61. The summed E-state index contributed by atoms with van der Waals surface area (Å²) in [6.07, 6.45) is 0. The molecule has 0 spiro atoms. The van der Waals surface area contributed by atoms with Gasteiger partial charge in [-0.25, -0.2) is 0 Å². The van der Waals surface area contributed by atoms with E-state index in [9.17, 15) is 9.90 Å². The molecule has 0 bridgehead atoms. The van der Waals surface area contributed by atoms with E-state index >= 15 is 0 Å². The van der Waals surface area contributed by atoms with Gasteiger partial charge in [0.15, 0.2) is 5.12 Å². The number of carbonyl (C=O) groups excluding carboxylic acids is 1. The monoisotopic (exact) mass is 274 g/mol. The molecule has 0 saturated carbocycles. The maximum absolute atomic E-state index is 10.6. The van der Waals surface area contributed by atoms with E-state index < -0.39 is 0 Å². The predicted octanol–water partition coefficient (Wildman–Crippen LogP) is 3.33. The number of phenols is 1. The number of hydrogen-bond donors (Lipinski definition) is 1. The lowest BCUT2D eigenvalue weighted by atomic mass is 10.2. The maximum Gasteiger partial charge on any atom is 0.186 e. The lowest BCUT2D eigenvalue weighted by Gasteiger charge is -1.99. The molecule has 1 aromatic rings. The Hall–Kier alpha value is -0.820. The van der Waals surface area contributed by atoms with E-state index in [4.69, 9.17) is 23.2 Å². The molecule has 1 aromatic carbocycles. The maximum atomic E-state index is 10.6. The number of phenolic OH excluding ortho intramolecular Hbond substituents is 1. The lowest BCUT2D eigenvalue weighted by Crippen LogP contribution is -1.83. The fraction of sp³-hybridized carbons (Fsp3) is 0.182. The predicted molar refractivity (Wildman–Crippen MR) is 68.1 cm³/mol. The van der Waals surface area contributed by atoms with Gasteiger partial charge in [0.1, 0.15) is 5.75 Å². The summed E-state index contributed by atoms with van der Waals surface area (Å²) in [5, 5.41) is 9.81. The van der Waals surface area contributed by atoms with Crippen LogP contribution >= 0.6 is 35.0 Å². The molecule has 0 fully saturated rings. The quantitative estimate of drug-likeness (QED) is 0.799. The van der Waals surface area contributed by atoms with Crippen LogP contribution in [-0.4, -0.2) is 16.0 Å². The molecule has 5 heteroatoms. The highest BCUT2D eigenvalue weighted by molar-refractivity contribution is 8.13. The molecule has 0 amide bonds. The molecule has 2 nitrogen and oxygen atoms in total. The van der Waals surface area contributed by atoms with Crippen molar-refractivity contribution in [2.24, 2.45) is 0 Å². The summed E-state index contributed by atoms with van der Waals surface area (Å²) in [4.78, 5) is 10.6. The minimum absolute atomic E-state index is 0.0177. The molecule has 0 unspecified atom stereocenters. The topological polar surface area (TPSA) is 37.3 Å². The van der Waals surface area contributed by atoms with Crippen LogP contribution in [0.15, 0.2) is 12.1 Å². The molecule has 0 saturated heterocycles. The van der Waals surface area contributed by atoms with Crippen molar-refractivity contribution in [1.29, 1.82) is 0 Å². The van der Waals surface area contributed by atoms with Crippen molar-refractivity contribution < 1.29 is 9.90 Å². The fourth-order valence-corrected chi connectivity index (χ4v) is 1.62. The number of hydrogen-bond acceptors (Lipinski definition) is 3. The highest BCUT2D eigenvalue weighted by Crippen LogP contribution is 2.29. The van der Waals surface area contributed by atoms with Crippen molar-refractivity contribution in [3.05, 3.63) is 27.7 Å². The van der Waals surface area contributed by atoms with Crippen LogP contribution in [-0.2, 0) is 4.79 Å². The Morgan fingerprint density at radius 2 is 2.12 bits per heavy atom. The molecule has 0 aliphatic heterocycles. The second-order valence-corrected chi connectivity index (χ2v) is 4.83. The average Bonchev–Trinajstić information content (AvgIpc) is 2.19. The van der Waals surface area contributed by atoms with Gasteiger partial charge >= 0.3 is 0 Å². The summed E-state index contributed by atoms with van der Waals surface area (Å²) < 4.78 is 0. The first kappa shape index (κ1) is 13.2. The van der Waals surface area contributed by atoms with E-state index in [2.05, 4.69) is 11.8 Å². The molecule has 84 valence electrons. The van der Waals surface area contributed by atoms with Gasteiger partial charge in [-0.3, -0.25) is 4.79 Å². The average molecular weight is 275 g/mol. The standard InChI is InChI=1S/C11H8Cl2O2S/c1-7(14)16-4-2-3-8-5-10(13)11(15)6-9(8)12/h5-6,15H,4H2,1H3. The van der Waals surface area contributed by atoms with Crippen LogP contribution in [0.2, 0.25) is 10.0 Å². The Kier molecular flexibility index (Phi) is 5.01. The minimum atomic E-state index is -0.0738. The summed E-state index contributed by atoms with van der Waals surface area (Å²) in [7, 11) is 0. The lowest BCUT2D eigenvalue weighted by molar-refractivity contribution is -0.109. The van der Waals surface area contributed by atoms with Gasteiger partial charge < -0.3 is 5.11 Å². The summed E-state index contributed by atoms with van der Waals surface area (Å²) in [6.45, 7) is 1.48. The van der Waals surface area contributed by atoms with Crippen LogP contribution in [0.25, 0.3) is 0 Å². The number of rotatable bonds is 1. The van der Waals surface area contributed by atoms with Crippen LogP contribution in [0.4, 0.5) is 0 Å². The number of aromatic hydroxyl groups is 1. The first-order valence-electron chi connectivity index (χ1n) is 4.31. The summed E-state index contributed by atoms with van der Waals surface area (Å²) in [5.74, 6) is 5.91. The van der Waals surface area contributed by atoms with Crippen molar-refractivity contribution in [2.45, 2.75) is 6.92 Å². The minimum Gasteiger partial charge on any atom is -0.506 e. The van der Waals surface area contributed by atoms with Gasteiger partial charge in [-0.15, -0.1) is 0 Å². The van der Waals surface area contributed by atoms with Crippen molar-refractivity contribution in [3.63, 3.8) is 0 Å². The van der Waals surface area contributed by atoms with Crippen LogP contribution in [0.3, 0.4) is 0 Å². The largest absolute Gasteiger partial charge is 0.506 e.